The van der Waals surface area contributed by atoms with E-state index in [4.69, 9.17) is 22.1 Å². The third kappa shape index (κ3) is 3.36. The molecule has 2 atom stereocenters. The van der Waals surface area contributed by atoms with Gasteiger partial charge in [0.15, 0.2) is 0 Å². The standard InChI is InChI=1S/C14H21ClN2O/c1-9-5-10(2)7-11(6-9)18-14-4-3-12(15)13(8-16)17-14/h3-4,9-11H,5-8,16H2,1-2H3. The molecule has 1 aliphatic carbocycles. The Morgan fingerprint density at radius 3 is 2.56 bits per heavy atom. The number of aromatic nitrogens is 1. The summed E-state index contributed by atoms with van der Waals surface area (Å²) >= 11 is 5.99. The van der Waals surface area contributed by atoms with Gasteiger partial charge in [-0.25, -0.2) is 4.98 Å². The maximum atomic E-state index is 5.99. The molecular weight excluding hydrogens is 248 g/mol. The van der Waals surface area contributed by atoms with Crippen LogP contribution in [0.5, 0.6) is 5.88 Å². The molecule has 18 heavy (non-hydrogen) atoms. The van der Waals surface area contributed by atoms with E-state index in [-0.39, 0.29) is 6.10 Å². The molecule has 1 aliphatic rings. The van der Waals surface area contributed by atoms with Gasteiger partial charge in [0.25, 0.3) is 0 Å². The minimum atomic E-state index is 0.267. The molecule has 0 saturated heterocycles. The second kappa shape index (κ2) is 5.89. The number of hydrogen-bond donors (Lipinski definition) is 1. The summed E-state index contributed by atoms with van der Waals surface area (Å²) in [6.07, 6.45) is 3.77. The topological polar surface area (TPSA) is 48.1 Å². The van der Waals surface area contributed by atoms with Gasteiger partial charge in [0.05, 0.1) is 10.7 Å². The summed E-state index contributed by atoms with van der Waals surface area (Å²) in [5.74, 6) is 2.09. The average Bonchev–Trinajstić information content (AvgIpc) is 2.30. The number of pyridine rings is 1. The number of halogens is 1. The molecule has 1 aromatic heterocycles. The third-order valence-electron chi connectivity index (χ3n) is 3.51. The van der Waals surface area contributed by atoms with Crippen LogP contribution in [0.25, 0.3) is 0 Å². The van der Waals surface area contributed by atoms with Gasteiger partial charge in [0, 0.05) is 12.6 Å². The van der Waals surface area contributed by atoms with Crippen molar-refractivity contribution < 1.29 is 4.74 Å². The number of nitrogens with two attached hydrogens (primary N) is 1. The molecule has 0 amide bonds. The fourth-order valence-electron chi connectivity index (χ4n) is 2.81. The first-order valence-corrected chi connectivity index (χ1v) is 6.98. The summed E-state index contributed by atoms with van der Waals surface area (Å²) in [7, 11) is 0. The van der Waals surface area contributed by atoms with Crippen molar-refractivity contribution in [2.24, 2.45) is 17.6 Å². The van der Waals surface area contributed by atoms with Crippen LogP contribution < -0.4 is 10.5 Å². The monoisotopic (exact) mass is 268 g/mol. The van der Waals surface area contributed by atoms with Crippen LogP contribution in [0.15, 0.2) is 12.1 Å². The number of hydrogen-bond acceptors (Lipinski definition) is 3. The van der Waals surface area contributed by atoms with Gasteiger partial charge in [-0.3, -0.25) is 0 Å². The Balaban J connectivity index is 2.04. The normalized spacial score (nSPS) is 28.1. The molecule has 0 spiro atoms. The van der Waals surface area contributed by atoms with Crippen molar-refractivity contribution in [1.29, 1.82) is 0 Å². The fraction of sp³-hybridized carbons (Fsp3) is 0.643. The number of rotatable bonds is 3. The van der Waals surface area contributed by atoms with Crippen molar-refractivity contribution in [1.82, 2.24) is 4.98 Å². The van der Waals surface area contributed by atoms with Crippen LogP contribution in [0.2, 0.25) is 5.02 Å². The van der Waals surface area contributed by atoms with Gasteiger partial charge in [0.1, 0.15) is 6.10 Å². The van der Waals surface area contributed by atoms with Crippen molar-refractivity contribution in [2.45, 2.75) is 45.8 Å². The van der Waals surface area contributed by atoms with E-state index in [0.29, 0.717) is 23.1 Å². The molecule has 3 nitrogen and oxygen atoms in total. The second-order valence-electron chi connectivity index (χ2n) is 5.44. The number of ether oxygens (including phenoxy) is 1. The zero-order valence-electron chi connectivity index (χ0n) is 11.0. The highest BCUT2D eigenvalue weighted by molar-refractivity contribution is 6.31. The molecule has 0 aromatic carbocycles. The lowest BCUT2D eigenvalue weighted by atomic mass is 9.82. The molecule has 4 heteroatoms. The van der Waals surface area contributed by atoms with E-state index in [1.807, 2.05) is 12.1 Å². The summed E-state index contributed by atoms with van der Waals surface area (Å²) in [6.45, 7) is 4.91. The summed E-state index contributed by atoms with van der Waals surface area (Å²) in [6, 6.07) is 3.63. The molecular formula is C14H21ClN2O. The van der Waals surface area contributed by atoms with E-state index in [1.165, 1.54) is 6.42 Å². The van der Waals surface area contributed by atoms with Crippen LogP contribution in [-0.4, -0.2) is 11.1 Å². The van der Waals surface area contributed by atoms with E-state index in [9.17, 15) is 0 Å². The predicted molar refractivity (Wildman–Crippen MR) is 73.7 cm³/mol. The van der Waals surface area contributed by atoms with E-state index >= 15 is 0 Å². The fourth-order valence-corrected chi connectivity index (χ4v) is 3.00. The molecule has 0 radical (unpaired) electrons. The van der Waals surface area contributed by atoms with Gasteiger partial charge in [-0.15, -0.1) is 0 Å². The number of nitrogens with zero attached hydrogens (tertiary/aromatic N) is 1. The molecule has 2 rings (SSSR count). The molecule has 1 aromatic rings. The van der Waals surface area contributed by atoms with E-state index in [0.717, 1.165) is 24.7 Å². The Hall–Kier alpha value is -0.800. The molecule has 1 heterocycles. The Bertz CT molecular complexity index is 401. The maximum absolute atomic E-state index is 5.99. The van der Waals surface area contributed by atoms with Crippen molar-refractivity contribution in [2.75, 3.05) is 0 Å². The highest BCUT2D eigenvalue weighted by atomic mass is 35.5. The summed E-state index contributed by atoms with van der Waals surface area (Å²) < 4.78 is 5.97. The molecule has 100 valence electrons. The molecule has 2 N–H and O–H groups in total. The van der Waals surface area contributed by atoms with Gasteiger partial charge < -0.3 is 10.5 Å². The minimum absolute atomic E-state index is 0.267. The Morgan fingerprint density at radius 2 is 1.94 bits per heavy atom. The van der Waals surface area contributed by atoms with Gasteiger partial charge in [-0.2, -0.15) is 0 Å². The van der Waals surface area contributed by atoms with Gasteiger partial charge >= 0.3 is 0 Å². The van der Waals surface area contributed by atoms with Crippen molar-refractivity contribution >= 4 is 11.6 Å². The van der Waals surface area contributed by atoms with E-state index < -0.39 is 0 Å². The van der Waals surface area contributed by atoms with Crippen molar-refractivity contribution in [3.63, 3.8) is 0 Å². The smallest absolute Gasteiger partial charge is 0.213 e. The lowest BCUT2D eigenvalue weighted by Gasteiger charge is -2.31. The van der Waals surface area contributed by atoms with Gasteiger partial charge in [-0.05, 0) is 37.2 Å². The lowest BCUT2D eigenvalue weighted by molar-refractivity contribution is 0.0965. The first-order chi connectivity index (χ1) is 8.58. The zero-order chi connectivity index (χ0) is 13.1. The summed E-state index contributed by atoms with van der Waals surface area (Å²) in [4.78, 5) is 4.36. The summed E-state index contributed by atoms with van der Waals surface area (Å²) in [5.41, 5.74) is 6.29. The van der Waals surface area contributed by atoms with Gasteiger partial charge in [0.2, 0.25) is 5.88 Å². The van der Waals surface area contributed by atoms with Crippen LogP contribution in [0.4, 0.5) is 0 Å². The highest BCUT2D eigenvalue weighted by Crippen LogP contribution is 2.31. The molecule has 1 fully saturated rings. The maximum Gasteiger partial charge on any atom is 0.213 e. The lowest BCUT2D eigenvalue weighted by Crippen LogP contribution is -2.28. The van der Waals surface area contributed by atoms with Crippen LogP contribution >= 0.6 is 11.6 Å². The predicted octanol–water partition coefficient (Wildman–Crippen LogP) is 3.40. The van der Waals surface area contributed by atoms with Crippen LogP contribution in [0.3, 0.4) is 0 Å². The third-order valence-corrected chi connectivity index (χ3v) is 3.85. The Labute approximate surface area is 114 Å². The van der Waals surface area contributed by atoms with Crippen LogP contribution in [0.1, 0.15) is 38.8 Å². The van der Waals surface area contributed by atoms with E-state index in [2.05, 4.69) is 18.8 Å². The largest absolute Gasteiger partial charge is 0.474 e. The first-order valence-electron chi connectivity index (χ1n) is 6.60. The van der Waals surface area contributed by atoms with Crippen LogP contribution in [-0.2, 0) is 6.54 Å². The SMILES string of the molecule is CC1CC(C)CC(Oc2ccc(Cl)c(CN)n2)C1. The Morgan fingerprint density at radius 1 is 1.28 bits per heavy atom. The quantitative estimate of drug-likeness (QED) is 0.914. The van der Waals surface area contributed by atoms with Crippen LogP contribution in [0, 0.1) is 11.8 Å². The summed E-state index contributed by atoms with van der Waals surface area (Å²) in [5, 5.41) is 0.607. The van der Waals surface area contributed by atoms with Crippen molar-refractivity contribution in [3.8, 4) is 5.88 Å². The molecule has 0 bridgehead atoms. The minimum Gasteiger partial charge on any atom is -0.474 e. The zero-order valence-corrected chi connectivity index (χ0v) is 11.8. The van der Waals surface area contributed by atoms with Crippen molar-refractivity contribution in [3.05, 3.63) is 22.8 Å². The highest BCUT2D eigenvalue weighted by Gasteiger charge is 2.25. The molecule has 0 aliphatic heterocycles. The average molecular weight is 269 g/mol. The second-order valence-corrected chi connectivity index (χ2v) is 5.85. The first kappa shape index (κ1) is 13.6. The molecule has 2 unspecified atom stereocenters. The van der Waals surface area contributed by atoms with Gasteiger partial charge in [-0.1, -0.05) is 25.4 Å². The van der Waals surface area contributed by atoms with E-state index in [1.54, 1.807) is 0 Å². The molecule has 1 saturated carbocycles. The Kier molecular flexibility index (Phi) is 4.46.